The molecule has 2 aromatic carbocycles. The number of benzene rings is 2. The van der Waals surface area contributed by atoms with E-state index in [9.17, 15) is 18.0 Å². The van der Waals surface area contributed by atoms with Crippen molar-refractivity contribution in [1.82, 2.24) is 20.3 Å². The van der Waals surface area contributed by atoms with Crippen LogP contribution in [0.4, 0.5) is 19.0 Å². The van der Waals surface area contributed by atoms with Crippen LogP contribution in [0.3, 0.4) is 0 Å². The summed E-state index contributed by atoms with van der Waals surface area (Å²) < 4.78 is 51.9. The highest BCUT2D eigenvalue weighted by atomic mass is 19.4. The Balaban J connectivity index is 1.38. The summed E-state index contributed by atoms with van der Waals surface area (Å²) in [5, 5.41) is 7.42. The maximum absolute atomic E-state index is 13.9. The van der Waals surface area contributed by atoms with E-state index in [1.165, 1.54) is 17.0 Å². The van der Waals surface area contributed by atoms with Crippen molar-refractivity contribution < 1.29 is 27.0 Å². The van der Waals surface area contributed by atoms with Crippen molar-refractivity contribution in [3.8, 4) is 34.3 Å². The van der Waals surface area contributed by atoms with Crippen LogP contribution in [-0.2, 0) is 17.4 Å². The largest absolute Gasteiger partial charge is 0.422 e. The SMILES string of the molecule is CN(C(=O)Cc1ccc(-c2noc(-c3onc(-c4ccccc4)c3C(F)(F)F)n2)cc1)c1ccc[nH]1. The Labute approximate surface area is 202 Å². The second-order valence-electron chi connectivity index (χ2n) is 7.90. The molecule has 0 bridgehead atoms. The molecule has 5 aromatic rings. The summed E-state index contributed by atoms with van der Waals surface area (Å²) in [6.45, 7) is 0. The van der Waals surface area contributed by atoms with Gasteiger partial charge in [0.05, 0.1) is 6.42 Å². The number of aromatic nitrogens is 4. The van der Waals surface area contributed by atoms with E-state index in [1.807, 2.05) is 0 Å². The lowest BCUT2D eigenvalue weighted by atomic mass is 10.1. The van der Waals surface area contributed by atoms with Crippen LogP contribution in [0.5, 0.6) is 0 Å². The number of likely N-dealkylation sites (N-methyl/N-ethyl adjacent to an activating group) is 1. The monoisotopic (exact) mass is 493 g/mol. The molecule has 0 fully saturated rings. The number of anilines is 1. The number of hydrogen-bond acceptors (Lipinski definition) is 6. The number of carbonyl (C=O) groups is 1. The zero-order valence-corrected chi connectivity index (χ0v) is 18.8. The van der Waals surface area contributed by atoms with Gasteiger partial charge in [-0.25, -0.2) is 0 Å². The van der Waals surface area contributed by atoms with Gasteiger partial charge in [0.15, 0.2) is 0 Å². The van der Waals surface area contributed by atoms with Gasteiger partial charge in [0, 0.05) is 24.4 Å². The summed E-state index contributed by atoms with van der Waals surface area (Å²) >= 11 is 0. The van der Waals surface area contributed by atoms with E-state index < -0.39 is 23.4 Å². The number of aromatic amines is 1. The van der Waals surface area contributed by atoms with Gasteiger partial charge < -0.3 is 18.9 Å². The molecule has 0 aliphatic rings. The van der Waals surface area contributed by atoms with E-state index in [4.69, 9.17) is 9.05 Å². The molecule has 1 amide bonds. The Bertz CT molecular complexity index is 1470. The number of halogens is 3. The molecule has 3 aromatic heterocycles. The normalized spacial score (nSPS) is 11.6. The molecule has 3 heterocycles. The molecular formula is C25H18F3N5O3. The first-order valence-electron chi connectivity index (χ1n) is 10.8. The fraction of sp³-hybridized carbons (Fsp3) is 0.120. The van der Waals surface area contributed by atoms with Crippen molar-refractivity contribution in [3.05, 3.63) is 84.1 Å². The Morgan fingerprint density at radius 1 is 0.944 bits per heavy atom. The number of hydrogen-bond donors (Lipinski definition) is 1. The molecule has 11 heteroatoms. The molecule has 0 radical (unpaired) electrons. The first kappa shape index (κ1) is 23.1. The van der Waals surface area contributed by atoms with Crippen molar-refractivity contribution in [3.63, 3.8) is 0 Å². The molecule has 0 saturated heterocycles. The van der Waals surface area contributed by atoms with E-state index in [1.54, 1.807) is 67.8 Å². The van der Waals surface area contributed by atoms with Gasteiger partial charge in [-0.05, 0) is 17.7 Å². The van der Waals surface area contributed by atoms with Gasteiger partial charge in [0.2, 0.25) is 17.5 Å². The highest BCUT2D eigenvalue weighted by Gasteiger charge is 2.42. The van der Waals surface area contributed by atoms with Crippen LogP contribution < -0.4 is 4.90 Å². The fourth-order valence-electron chi connectivity index (χ4n) is 3.65. The van der Waals surface area contributed by atoms with Crippen molar-refractivity contribution in [2.24, 2.45) is 0 Å². The van der Waals surface area contributed by atoms with Gasteiger partial charge in [-0.15, -0.1) is 0 Å². The molecule has 0 unspecified atom stereocenters. The van der Waals surface area contributed by atoms with E-state index in [2.05, 4.69) is 20.3 Å². The number of alkyl halides is 3. The number of nitrogens with zero attached hydrogens (tertiary/aromatic N) is 4. The topological polar surface area (TPSA) is 101 Å². The van der Waals surface area contributed by atoms with E-state index >= 15 is 0 Å². The number of carbonyl (C=O) groups excluding carboxylic acids is 1. The third kappa shape index (κ3) is 4.50. The number of amides is 1. The van der Waals surface area contributed by atoms with Gasteiger partial charge >= 0.3 is 6.18 Å². The zero-order chi connectivity index (χ0) is 25.3. The molecule has 0 saturated carbocycles. The van der Waals surface area contributed by atoms with Gasteiger partial charge in [0.1, 0.15) is 17.1 Å². The molecule has 0 aliphatic heterocycles. The van der Waals surface area contributed by atoms with E-state index in [0.29, 0.717) is 11.4 Å². The predicted octanol–water partition coefficient (Wildman–Crippen LogP) is 5.61. The minimum absolute atomic E-state index is 0.0668. The standard InChI is InChI=1S/C25H18F3N5O3/c1-33(18-8-5-13-29-18)19(34)14-15-9-11-17(12-10-15)23-30-24(36-32-23)22-20(25(26,27)28)21(31-35-22)16-6-3-2-4-7-16/h2-13,29H,14H2,1H3. The Kier molecular flexibility index (Phi) is 5.88. The number of rotatable bonds is 6. The first-order chi connectivity index (χ1) is 17.3. The van der Waals surface area contributed by atoms with Crippen LogP contribution in [0.2, 0.25) is 0 Å². The van der Waals surface area contributed by atoms with Crippen LogP contribution in [0.15, 0.2) is 82.0 Å². The third-order valence-electron chi connectivity index (χ3n) is 5.53. The van der Waals surface area contributed by atoms with E-state index in [-0.39, 0.29) is 29.4 Å². The molecule has 8 nitrogen and oxygen atoms in total. The molecule has 182 valence electrons. The second-order valence-corrected chi connectivity index (χ2v) is 7.90. The van der Waals surface area contributed by atoms with Crippen LogP contribution in [0, 0.1) is 0 Å². The first-order valence-corrected chi connectivity index (χ1v) is 10.8. The van der Waals surface area contributed by atoms with Gasteiger partial charge in [0.25, 0.3) is 5.89 Å². The maximum atomic E-state index is 13.9. The van der Waals surface area contributed by atoms with Crippen LogP contribution in [0.25, 0.3) is 34.3 Å². The van der Waals surface area contributed by atoms with Crippen molar-refractivity contribution in [2.75, 3.05) is 11.9 Å². The average Bonchev–Trinajstić information content (AvgIpc) is 3.64. The molecule has 0 aliphatic carbocycles. The third-order valence-corrected chi connectivity index (χ3v) is 5.53. The average molecular weight is 493 g/mol. The Hall–Kier alpha value is -4.67. The van der Waals surface area contributed by atoms with Gasteiger partial charge in [-0.1, -0.05) is 64.9 Å². The number of H-pyrrole nitrogens is 1. The zero-order valence-electron chi connectivity index (χ0n) is 18.8. The summed E-state index contributed by atoms with van der Waals surface area (Å²) in [7, 11) is 1.67. The van der Waals surface area contributed by atoms with E-state index in [0.717, 1.165) is 5.56 Å². The Morgan fingerprint density at radius 2 is 1.69 bits per heavy atom. The smallest absolute Gasteiger partial charge is 0.350 e. The van der Waals surface area contributed by atoms with Crippen molar-refractivity contribution in [1.29, 1.82) is 0 Å². The molecule has 0 atom stereocenters. The highest BCUT2D eigenvalue weighted by Crippen LogP contribution is 2.43. The molecular weight excluding hydrogens is 475 g/mol. The molecule has 0 spiro atoms. The molecule has 1 N–H and O–H groups in total. The van der Waals surface area contributed by atoms with Crippen LogP contribution in [0.1, 0.15) is 11.1 Å². The van der Waals surface area contributed by atoms with Crippen LogP contribution >= 0.6 is 0 Å². The van der Waals surface area contributed by atoms with Gasteiger partial charge in [-0.3, -0.25) is 4.79 Å². The lowest BCUT2D eigenvalue weighted by Crippen LogP contribution is -2.28. The van der Waals surface area contributed by atoms with Crippen molar-refractivity contribution in [2.45, 2.75) is 12.6 Å². The second kappa shape index (κ2) is 9.17. The fourth-order valence-corrected chi connectivity index (χ4v) is 3.65. The lowest BCUT2D eigenvalue weighted by molar-refractivity contribution is -0.137. The summed E-state index contributed by atoms with van der Waals surface area (Å²) in [4.78, 5) is 21.1. The summed E-state index contributed by atoms with van der Waals surface area (Å²) in [5.74, 6) is -0.478. The minimum atomic E-state index is -4.77. The minimum Gasteiger partial charge on any atom is -0.350 e. The van der Waals surface area contributed by atoms with Crippen LogP contribution in [-0.4, -0.2) is 33.2 Å². The molecule has 36 heavy (non-hydrogen) atoms. The summed E-state index contributed by atoms with van der Waals surface area (Å²) in [5.41, 5.74) is 0.0231. The summed E-state index contributed by atoms with van der Waals surface area (Å²) in [6, 6.07) is 18.2. The number of nitrogens with one attached hydrogen (secondary N) is 1. The van der Waals surface area contributed by atoms with Gasteiger partial charge in [-0.2, -0.15) is 18.2 Å². The highest BCUT2D eigenvalue weighted by molar-refractivity contribution is 5.93. The lowest BCUT2D eigenvalue weighted by Gasteiger charge is -2.15. The summed E-state index contributed by atoms with van der Waals surface area (Å²) in [6.07, 6.45) is -2.88. The Morgan fingerprint density at radius 3 is 2.36 bits per heavy atom. The predicted molar refractivity (Wildman–Crippen MR) is 124 cm³/mol. The molecule has 5 rings (SSSR count). The van der Waals surface area contributed by atoms with Crippen molar-refractivity contribution >= 4 is 11.7 Å². The maximum Gasteiger partial charge on any atom is 0.422 e. The quantitative estimate of drug-likeness (QED) is 0.330.